The first kappa shape index (κ1) is 14.6. The first-order valence-corrected chi connectivity index (χ1v) is 7.36. The van der Waals surface area contributed by atoms with Crippen LogP contribution in [0.15, 0.2) is 31.0 Å². The highest BCUT2D eigenvalue weighted by atomic mass is 16.2. The molecule has 22 heavy (non-hydrogen) atoms. The van der Waals surface area contributed by atoms with E-state index in [1.54, 1.807) is 50.0 Å². The first-order valence-electron chi connectivity index (χ1n) is 7.36. The maximum Gasteiger partial charge on any atom is 0.248 e. The van der Waals surface area contributed by atoms with Crippen molar-refractivity contribution < 1.29 is 4.79 Å². The fourth-order valence-corrected chi connectivity index (χ4v) is 3.18. The van der Waals surface area contributed by atoms with Gasteiger partial charge in [0.15, 0.2) is 0 Å². The van der Waals surface area contributed by atoms with Gasteiger partial charge in [0.05, 0.1) is 18.4 Å². The zero-order valence-corrected chi connectivity index (χ0v) is 12.9. The van der Waals surface area contributed by atoms with Gasteiger partial charge < -0.3 is 9.88 Å². The van der Waals surface area contributed by atoms with E-state index in [2.05, 4.69) is 24.8 Å². The third-order valence-electron chi connectivity index (χ3n) is 4.15. The highest BCUT2D eigenvalue weighted by Crippen LogP contribution is 2.39. The summed E-state index contributed by atoms with van der Waals surface area (Å²) in [6, 6.07) is 0. The minimum atomic E-state index is -0.759. The van der Waals surface area contributed by atoms with Crippen LogP contribution in [0.25, 0.3) is 0 Å². The van der Waals surface area contributed by atoms with Gasteiger partial charge in [0.1, 0.15) is 11.4 Å². The monoisotopic (exact) mass is 300 g/mol. The van der Waals surface area contributed by atoms with Gasteiger partial charge in [-0.3, -0.25) is 19.7 Å². The Morgan fingerprint density at radius 3 is 2.86 bits per heavy atom. The number of nitrogens with zero attached hydrogens (tertiary/aromatic N) is 5. The predicted molar refractivity (Wildman–Crippen MR) is 80.6 cm³/mol. The number of rotatable bonds is 4. The Bertz CT molecular complexity index is 627. The largest absolute Gasteiger partial charge is 0.348 e. The Morgan fingerprint density at radius 1 is 1.36 bits per heavy atom. The van der Waals surface area contributed by atoms with Crippen LogP contribution in [0.3, 0.4) is 0 Å². The molecule has 0 radical (unpaired) electrons. The van der Waals surface area contributed by atoms with E-state index in [0.717, 1.165) is 25.2 Å². The number of aromatic amines is 1. The molecule has 2 aromatic rings. The van der Waals surface area contributed by atoms with Crippen LogP contribution in [-0.4, -0.2) is 56.3 Å². The van der Waals surface area contributed by atoms with Crippen LogP contribution in [0.5, 0.6) is 0 Å². The Kier molecular flexibility index (Phi) is 3.89. The van der Waals surface area contributed by atoms with E-state index >= 15 is 0 Å². The summed E-state index contributed by atoms with van der Waals surface area (Å²) in [5.74, 6) is 0.888. The number of amides is 1. The lowest BCUT2D eigenvalue weighted by Crippen LogP contribution is -2.52. The summed E-state index contributed by atoms with van der Waals surface area (Å²) in [5, 5.41) is 0. The molecule has 2 aromatic heterocycles. The molecule has 1 N–H and O–H groups in total. The van der Waals surface area contributed by atoms with Crippen LogP contribution in [0.4, 0.5) is 0 Å². The second-order valence-corrected chi connectivity index (χ2v) is 5.71. The molecule has 1 aliphatic rings. The molecule has 1 aliphatic heterocycles. The molecule has 7 nitrogen and oxygen atoms in total. The SMILES string of the molecule is CN(C)C(=O)[C@@]1(c2cnccn2)CCCN1Cc1ncc[nH]1. The molecule has 0 saturated carbocycles. The maximum absolute atomic E-state index is 13.0. The molecule has 1 saturated heterocycles. The van der Waals surface area contributed by atoms with Crippen molar-refractivity contribution in [3.63, 3.8) is 0 Å². The van der Waals surface area contributed by atoms with E-state index in [-0.39, 0.29) is 5.91 Å². The van der Waals surface area contributed by atoms with E-state index in [0.29, 0.717) is 12.2 Å². The topological polar surface area (TPSA) is 78.0 Å². The normalized spacial score (nSPS) is 21.9. The molecule has 7 heteroatoms. The van der Waals surface area contributed by atoms with Crippen molar-refractivity contribution >= 4 is 5.91 Å². The molecule has 3 rings (SSSR count). The summed E-state index contributed by atoms with van der Waals surface area (Å²) in [6.45, 7) is 1.42. The third kappa shape index (κ3) is 2.37. The quantitative estimate of drug-likeness (QED) is 0.903. The van der Waals surface area contributed by atoms with Crippen molar-refractivity contribution in [2.45, 2.75) is 24.9 Å². The second-order valence-electron chi connectivity index (χ2n) is 5.71. The van der Waals surface area contributed by atoms with Crippen molar-refractivity contribution in [1.29, 1.82) is 0 Å². The highest BCUT2D eigenvalue weighted by molar-refractivity contribution is 5.87. The number of carbonyl (C=O) groups is 1. The number of hydrogen-bond acceptors (Lipinski definition) is 5. The number of likely N-dealkylation sites (tertiary alicyclic amines) is 1. The summed E-state index contributed by atoms with van der Waals surface area (Å²) >= 11 is 0. The summed E-state index contributed by atoms with van der Waals surface area (Å²) in [4.78, 5) is 32.8. The van der Waals surface area contributed by atoms with E-state index in [1.165, 1.54) is 0 Å². The molecule has 0 aliphatic carbocycles. The average molecular weight is 300 g/mol. The van der Waals surface area contributed by atoms with Crippen LogP contribution in [-0.2, 0) is 16.9 Å². The molecule has 1 atom stereocenters. The minimum absolute atomic E-state index is 0.0389. The fraction of sp³-hybridized carbons (Fsp3) is 0.467. The van der Waals surface area contributed by atoms with Gasteiger partial charge in [-0.1, -0.05) is 0 Å². The summed E-state index contributed by atoms with van der Waals surface area (Å²) in [5.41, 5.74) is -0.0531. The number of carbonyl (C=O) groups excluding carboxylic acids is 1. The standard InChI is InChI=1S/C15H20N6O/c1-20(2)14(22)15(12-10-16-5-6-17-12)4-3-9-21(15)11-13-18-7-8-19-13/h5-8,10H,3-4,9,11H2,1-2H3,(H,18,19)/t15-/m0/s1. The third-order valence-corrected chi connectivity index (χ3v) is 4.15. The highest BCUT2D eigenvalue weighted by Gasteiger charge is 2.51. The van der Waals surface area contributed by atoms with E-state index < -0.39 is 5.54 Å². The molecule has 1 amide bonds. The summed E-state index contributed by atoms with van der Waals surface area (Å²) in [7, 11) is 3.56. The molecular weight excluding hydrogens is 280 g/mol. The molecule has 0 bridgehead atoms. The zero-order valence-electron chi connectivity index (χ0n) is 12.9. The first-order chi connectivity index (χ1) is 10.6. The minimum Gasteiger partial charge on any atom is -0.348 e. The predicted octanol–water partition coefficient (Wildman–Crippen LogP) is 0.779. The maximum atomic E-state index is 13.0. The Hall–Kier alpha value is -2.28. The molecule has 3 heterocycles. The molecular formula is C15H20N6O. The van der Waals surface area contributed by atoms with Gasteiger partial charge >= 0.3 is 0 Å². The van der Waals surface area contributed by atoms with Gasteiger partial charge in [0.2, 0.25) is 5.91 Å². The van der Waals surface area contributed by atoms with Gasteiger partial charge in [0, 0.05) is 45.4 Å². The number of H-pyrrole nitrogens is 1. The van der Waals surface area contributed by atoms with Gasteiger partial charge in [-0.15, -0.1) is 0 Å². The fourth-order valence-electron chi connectivity index (χ4n) is 3.18. The van der Waals surface area contributed by atoms with Crippen LogP contribution < -0.4 is 0 Å². The van der Waals surface area contributed by atoms with Crippen LogP contribution in [0.1, 0.15) is 24.4 Å². The number of aromatic nitrogens is 4. The Balaban J connectivity index is 2.02. The van der Waals surface area contributed by atoms with Crippen molar-refractivity contribution in [3.8, 4) is 0 Å². The number of hydrogen-bond donors (Lipinski definition) is 1. The van der Waals surface area contributed by atoms with Gasteiger partial charge in [0.25, 0.3) is 0 Å². The molecule has 0 aromatic carbocycles. The van der Waals surface area contributed by atoms with Crippen molar-refractivity contribution in [3.05, 3.63) is 42.5 Å². The van der Waals surface area contributed by atoms with Gasteiger partial charge in [-0.2, -0.15) is 0 Å². The van der Waals surface area contributed by atoms with Crippen LogP contribution >= 0.6 is 0 Å². The lowest BCUT2D eigenvalue weighted by molar-refractivity contribution is -0.141. The molecule has 0 unspecified atom stereocenters. The van der Waals surface area contributed by atoms with E-state index in [1.807, 2.05) is 0 Å². The molecule has 0 spiro atoms. The molecule has 116 valence electrons. The Morgan fingerprint density at radius 2 is 2.23 bits per heavy atom. The zero-order chi connectivity index (χ0) is 15.6. The number of likely N-dealkylation sites (N-methyl/N-ethyl adjacent to an activating group) is 1. The number of nitrogens with one attached hydrogen (secondary N) is 1. The van der Waals surface area contributed by atoms with E-state index in [4.69, 9.17) is 0 Å². The van der Waals surface area contributed by atoms with Crippen molar-refractivity contribution in [2.24, 2.45) is 0 Å². The summed E-state index contributed by atoms with van der Waals surface area (Å²) < 4.78 is 0. The molecule has 1 fully saturated rings. The van der Waals surface area contributed by atoms with Gasteiger partial charge in [-0.05, 0) is 12.8 Å². The average Bonchev–Trinajstić information content (AvgIpc) is 3.18. The van der Waals surface area contributed by atoms with Crippen molar-refractivity contribution in [1.82, 2.24) is 29.7 Å². The smallest absolute Gasteiger partial charge is 0.248 e. The second kappa shape index (κ2) is 5.84. The van der Waals surface area contributed by atoms with Crippen LogP contribution in [0.2, 0.25) is 0 Å². The van der Waals surface area contributed by atoms with Crippen LogP contribution in [0, 0.1) is 0 Å². The van der Waals surface area contributed by atoms with Gasteiger partial charge in [-0.25, -0.2) is 4.98 Å². The lowest BCUT2D eigenvalue weighted by atomic mass is 9.90. The number of imidazole rings is 1. The lowest BCUT2D eigenvalue weighted by Gasteiger charge is -2.37. The van der Waals surface area contributed by atoms with E-state index in [9.17, 15) is 4.79 Å². The Labute approximate surface area is 129 Å². The summed E-state index contributed by atoms with van der Waals surface area (Å²) in [6.07, 6.45) is 10.2. The van der Waals surface area contributed by atoms with Crippen molar-refractivity contribution in [2.75, 3.05) is 20.6 Å².